The summed E-state index contributed by atoms with van der Waals surface area (Å²) in [4.78, 5) is 0. The third kappa shape index (κ3) is 3.11. The molecule has 0 aromatic carbocycles. The maximum Gasteiger partial charge on any atom is 0.173 e. The molecule has 9 N–H and O–H groups in total. The Morgan fingerprint density at radius 1 is 1.14 bits per heavy atom. The molecule has 0 spiro atoms. The van der Waals surface area contributed by atoms with Gasteiger partial charge in [0.05, 0.1) is 12.6 Å². The van der Waals surface area contributed by atoms with Crippen LogP contribution < -0.4 is 11.9 Å². The van der Waals surface area contributed by atoms with Crippen LogP contribution in [0.1, 0.15) is 0 Å². The molecule has 88 valence electrons. The smallest absolute Gasteiger partial charge is 0.173 e. The van der Waals surface area contributed by atoms with Gasteiger partial charge in [-0.3, -0.25) is 0 Å². The Kier molecular flexibility index (Phi) is 7.89. The molecule has 1 heterocycles. The van der Waals surface area contributed by atoms with Crippen molar-refractivity contribution in [2.45, 2.75) is 30.6 Å². The van der Waals surface area contributed by atoms with E-state index >= 15 is 0 Å². The SMILES string of the molecule is Br.N.N[C@@H]1C(O)O[C@H](CO)[C@@H](O)[C@@H]1O. The van der Waals surface area contributed by atoms with Gasteiger partial charge in [-0.2, -0.15) is 0 Å². The molecule has 1 unspecified atom stereocenters. The monoisotopic (exact) mass is 276 g/mol. The van der Waals surface area contributed by atoms with Crippen LogP contribution in [0.15, 0.2) is 0 Å². The first-order chi connectivity index (χ1) is 5.57. The summed E-state index contributed by atoms with van der Waals surface area (Å²) in [6, 6.07) is -1.04. The second kappa shape index (κ2) is 6.64. The highest BCUT2D eigenvalue weighted by atomic mass is 79.9. The van der Waals surface area contributed by atoms with E-state index in [1.54, 1.807) is 0 Å². The van der Waals surface area contributed by atoms with E-state index in [-0.39, 0.29) is 23.1 Å². The van der Waals surface area contributed by atoms with Gasteiger partial charge < -0.3 is 37.0 Å². The average Bonchev–Trinajstić information content (AvgIpc) is 2.08. The zero-order valence-corrected chi connectivity index (χ0v) is 9.20. The fourth-order valence-corrected chi connectivity index (χ4v) is 1.12. The molecule has 1 aliphatic rings. The van der Waals surface area contributed by atoms with Crippen molar-refractivity contribution in [3.8, 4) is 0 Å². The van der Waals surface area contributed by atoms with E-state index in [0.29, 0.717) is 0 Å². The van der Waals surface area contributed by atoms with E-state index in [1.807, 2.05) is 0 Å². The molecule has 0 bridgehead atoms. The number of rotatable bonds is 1. The van der Waals surface area contributed by atoms with Gasteiger partial charge in [0.15, 0.2) is 6.29 Å². The molecule has 1 rings (SSSR count). The molecule has 0 aromatic rings. The molecule has 1 saturated heterocycles. The Morgan fingerprint density at radius 2 is 1.64 bits per heavy atom. The van der Waals surface area contributed by atoms with Crippen LogP contribution in [-0.4, -0.2) is 57.7 Å². The van der Waals surface area contributed by atoms with Gasteiger partial charge in [-0.05, 0) is 0 Å². The summed E-state index contributed by atoms with van der Waals surface area (Å²) in [5.41, 5.74) is 5.26. The summed E-state index contributed by atoms with van der Waals surface area (Å²) in [6.07, 6.45) is -4.85. The number of aliphatic hydroxyl groups excluding tert-OH is 4. The summed E-state index contributed by atoms with van der Waals surface area (Å²) in [7, 11) is 0. The Hall–Kier alpha value is 0.200. The van der Waals surface area contributed by atoms with Gasteiger partial charge in [0.25, 0.3) is 0 Å². The van der Waals surface area contributed by atoms with Crippen molar-refractivity contribution < 1.29 is 25.2 Å². The van der Waals surface area contributed by atoms with Crippen molar-refractivity contribution in [1.82, 2.24) is 6.15 Å². The standard InChI is InChI=1S/C6H13NO5.BrH.H3N/c7-3-5(10)4(9)2(1-8)12-6(3)11;;/h2-6,8-11H,1,7H2;1H;1H3/t2-,3+,4-,5-,6?;;/m1../s1. The molecule has 5 atom stereocenters. The lowest BCUT2D eigenvalue weighted by Gasteiger charge is -2.38. The van der Waals surface area contributed by atoms with E-state index in [1.165, 1.54) is 0 Å². The van der Waals surface area contributed by atoms with Gasteiger partial charge in [-0.15, -0.1) is 17.0 Å². The van der Waals surface area contributed by atoms with Crippen molar-refractivity contribution in [2.75, 3.05) is 6.61 Å². The van der Waals surface area contributed by atoms with Crippen LogP contribution in [-0.2, 0) is 4.74 Å². The third-order valence-corrected chi connectivity index (χ3v) is 1.95. The first kappa shape index (κ1) is 16.6. The van der Waals surface area contributed by atoms with Crippen LogP contribution in [0.5, 0.6) is 0 Å². The van der Waals surface area contributed by atoms with Crippen LogP contribution in [0, 0.1) is 0 Å². The molecule has 8 heteroatoms. The van der Waals surface area contributed by atoms with Crippen LogP contribution in [0.25, 0.3) is 0 Å². The average molecular weight is 277 g/mol. The number of nitrogens with two attached hydrogens (primary N) is 1. The third-order valence-electron chi connectivity index (χ3n) is 1.95. The minimum absolute atomic E-state index is 0. The number of halogens is 1. The minimum atomic E-state index is -1.35. The molecule has 0 radical (unpaired) electrons. The summed E-state index contributed by atoms with van der Waals surface area (Å²) >= 11 is 0. The minimum Gasteiger partial charge on any atom is -0.394 e. The number of hydrogen-bond acceptors (Lipinski definition) is 7. The zero-order chi connectivity index (χ0) is 9.30. The van der Waals surface area contributed by atoms with Gasteiger partial charge in [-0.25, -0.2) is 0 Å². The van der Waals surface area contributed by atoms with Gasteiger partial charge in [0, 0.05) is 0 Å². The molecule has 14 heavy (non-hydrogen) atoms. The molecule has 0 aliphatic carbocycles. The molecule has 7 nitrogen and oxygen atoms in total. The van der Waals surface area contributed by atoms with Crippen LogP contribution in [0.2, 0.25) is 0 Å². The number of aliphatic hydroxyl groups is 4. The van der Waals surface area contributed by atoms with Crippen molar-refractivity contribution in [3.63, 3.8) is 0 Å². The number of ether oxygens (including phenoxy) is 1. The van der Waals surface area contributed by atoms with E-state index in [0.717, 1.165) is 0 Å². The highest BCUT2D eigenvalue weighted by Crippen LogP contribution is 2.17. The Morgan fingerprint density at radius 3 is 2.07 bits per heavy atom. The zero-order valence-electron chi connectivity index (χ0n) is 7.48. The quantitative estimate of drug-likeness (QED) is 0.309. The predicted octanol–water partition coefficient (Wildman–Crippen LogP) is -2.52. The molecule has 0 aromatic heterocycles. The largest absolute Gasteiger partial charge is 0.394 e. The summed E-state index contributed by atoms with van der Waals surface area (Å²) in [6.45, 7) is -0.470. The fourth-order valence-electron chi connectivity index (χ4n) is 1.12. The van der Waals surface area contributed by atoms with E-state index in [9.17, 15) is 10.2 Å². The van der Waals surface area contributed by atoms with Gasteiger partial charge in [-0.1, -0.05) is 0 Å². The molecule has 0 amide bonds. The maximum atomic E-state index is 9.20. The topological polar surface area (TPSA) is 151 Å². The summed E-state index contributed by atoms with van der Waals surface area (Å²) in [5, 5.41) is 36.1. The summed E-state index contributed by atoms with van der Waals surface area (Å²) < 4.78 is 4.70. The second-order valence-corrected chi connectivity index (χ2v) is 2.81. The molecule has 0 saturated carbocycles. The molecular formula is C6H17BrN2O5. The Bertz CT molecular complexity index is 158. The van der Waals surface area contributed by atoms with Crippen molar-refractivity contribution >= 4 is 17.0 Å². The highest BCUT2D eigenvalue weighted by Gasteiger charge is 2.41. The maximum absolute atomic E-state index is 9.20. The van der Waals surface area contributed by atoms with E-state index < -0.39 is 37.3 Å². The van der Waals surface area contributed by atoms with Crippen molar-refractivity contribution in [3.05, 3.63) is 0 Å². The fraction of sp³-hybridized carbons (Fsp3) is 1.00. The second-order valence-electron chi connectivity index (χ2n) is 2.81. The lowest BCUT2D eigenvalue weighted by molar-refractivity contribution is -0.248. The Balaban J connectivity index is 0. The van der Waals surface area contributed by atoms with Crippen LogP contribution in [0.3, 0.4) is 0 Å². The summed E-state index contributed by atoms with van der Waals surface area (Å²) in [5.74, 6) is 0. The van der Waals surface area contributed by atoms with E-state index in [4.69, 9.17) is 20.7 Å². The lowest BCUT2D eigenvalue weighted by atomic mass is 9.98. The van der Waals surface area contributed by atoms with Gasteiger partial charge >= 0.3 is 0 Å². The van der Waals surface area contributed by atoms with Crippen molar-refractivity contribution in [2.24, 2.45) is 5.73 Å². The van der Waals surface area contributed by atoms with E-state index in [2.05, 4.69) is 0 Å². The lowest BCUT2D eigenvalue weighted by Crippen LogP contribution is -2.61. The first-order valence-electron chi connectivity index (χ1n) is 3.64. The van der Waals surface area contributed by atoms with Crippen molar-refractivity contribution in [1.29, 1.82) is 0 Å². The number of hydrogen-bond donors (Lipinski definition) is 6. The molecule has 1 fully saturated rings. The first-order valence-corrected chi connectivity index (χ1v) is 3.64. The Labute approximate surface area is 91.8 Å². The van der Waals surface area contributed by atoms with Gasteiger partial charge in [0.2, 0.25) is 0 Å². The molecule has 1 aliphatic heterocycles. The predicted molar refractivity (Wildman–Crippen MR) is 53.3 cm³/mol. The molecular weight excluding hydrogens is 260 g/mol. The van der Waals surface area contributed by atoms with Crippen LogP contribution >= 0.6 is 17.0 Å². The van der Waals surface area contributed by atoms with Gasteiger partial charge in [0.1, 0.15) is 18.3 Å². The highest BCUT2D eigenvalue weighted by molar-refractivity contribution is 8.93. The normalized spacial score (nSPS) is 42.2. The van der Waals surface area contributed by atoms with Crippen LogP contribution in [0.4, 0.5) is 0 Å².